The highest BCUT2D eigenvalue weighted by Gasteiger charge is 2.44. The van der Waals surface area contributed by atoms with Crippen molar-refractivity contribution in [2.45, 2.75) is 96.8 Å². The van der Waals surface area contributed by atoms with Gasteiger partial charge in [-0.3, -0.25) is 0 Å². The molecule has 0 bridgehead atoms. The Kier molecular flexibility index (Phi) is 5.46. The largest absolute Gasteiger partial charge is 0.0654 e. The third-order valence-electron chi connectivity index (χ3n) is 7.08. The quantitative estimate of drug-likeness (QED) is 0.497. The standard InChI is InChI=1S/C20H36/c1-2-3-4-5-9-16-11-8-13-20-18-12-7-6-10-17(18)14-15-19(16)20/h16-20H,2-15H2,1H3. The molecular formula is C20H36. The molecular weight excluding hydrogens is 240 g/mol. The van der Waals surface area contributed by atoms with Crippen molar-refractivity contribution in [3.8, 4) is 0 Å². The summed E-state index contributed by atoms with van der Waals surface area (Å²) < 4.78 is 0. The lowest BCUT2D eigenvalue weighted by molar-refractivity contribution is -0.00636. The van der Waals surface area contributed by atoms with Gasteiger partial charge in [0.05, 0.1) is 0 Å². The average molecular weight is 277 g/mol. The lowest BCUT2D eigenvalue weighted by atomic mass is 9.55. The summed E-state index contributed by atoms with van der Waals surface area (Å²) in [6.45, 7) is 2.33. The molecule has 5 unspecified atom stereocenters. The smallest absolute Gasteiger partial charge is 0.0352 e. The molecule has 0 aromatic heterocycles. The first-order chi connectivity index (χ1) is 9.90. The summed E-state index contributed by atoms with van der Waals surface area (Å²) in [5.74, 6) is 5.71. The molecule has 5 atom stereocenters. The Hall–Kier alpha value is 0. The van der Waals surface area contributed by atoms with Crippen LogP contribution in [0.2, 0.25) is 0 Å². The van der Waals surface area contributed by atoms with Gasteiger partial charge in [0.1, 0.15) is 0 Å². The summed E-state index contributed by atoms with van der Waals surface area (Å²) >= 11 is 0. The molecule has 0 aromatic carbocycles. The van der Waals surface area contributed by atoms with Crippen molar-refractivity contribution in [1.29, 1.82) is 0 Å². The van der Waals surface area contributed by atoms with Crippen LogP contribution in [0.5, 0.6) is 0 Å². The average Bonchev–Trinajstić information content (AvgIpc) is 2.51. The Bertz CT molecular complexity index is 282. The SMILES string of the molecule is CCCCCCC1CCCC2C3CCCCC3CCC12. The van der Waals surface area contributed by atoms with E-state index in [0.717, 1.165) is 29.6 Å². The van der Waals surface area contributed by atoms with Crippen LogP contribution in [0.1, 0.15) is 96.8 Å². The maximum absolute atomic E-state index is 2.33. The predicted molar refractivity (Wildman–Crippen MR) is 87.8 cm³/mol. The molecule has 0 heteroatoms. The molecule has 3 saturated carbocycles. The van der Waals surface area contributed by atoms with Crippen molar-refractivity contribution in [1.82, 2.24) is 0 Å². The van der Waals surface area contributed by atoms with Crippen LogP contribution >= 0.6 is 0 Å². The van der Waals surface area contributed by atoms with E-state index in [1.807, 2.05) is 0 Å². The van der Waals surface area contributed by atoms with Crippen molar-refractivity contribution >= 4 is 0 Å². The second kappa shape index (κ2) is 7.32. The number of unbranched alkanes of at least 4 members (excludes halogenated alkanes) is 3. The zero-order valence-electron chi connectivity index (χ0n) is 13.8. The molecule has 3 aliphatic carbocycles. The zero-order chi connectivity index (χ0) is 13.8. The van der Waals surface area contributed by atoms with Crippen LogP contribution in [0, 0.1) is 29.6 Å². The Morgan fingerprint density at radius 1 is 0.650 bits per heavy atom. The van der Waals surface area contributed by atoms with Gasteiger partial charge in [-0.25, -0.2) is 0 Å². The molecule has 116 valence electrons. The fraction of sp³-hybridized carbons (Fsp3) is 1.00. The minimum atomic E-state index is 1.12. The van der Waals surface area contributed by atoms with Crippen molar-refractivity contribution < 1.29 is 0 Å². The van der Waals surface area contributed by atoms with Crippen LogP contribution in [0.4, 0.5) is 0 Å². The molecule has 3 fully saturated rings. The number of rotatable bonds is 5. The van der Waals surface area contributed by atoms with E-state index in [0.29, 0.717) is 0 Å². The minimum Gasteiger partial charge on any atom is -0.0654 e. The molecule has 0 aromatic rings. The molecule has 3 aliphatic rings. The van der Waals surface area contributed by atoms with E-state index in [4.69, 9.17) is 0 Å². The van der Waals surface area contributed by atoms with Gasteiger partial charge in [-0.1, -0.05) is 71.1 Å². The first kappa shape index (κ1) is 14.9. The molecule has 0 spiro atoms. The predicted octanol–water partition coefficient (Wildman–Crippen LogP) is 6.59. The fourth-order valence-electron chi connectivity index (χ4n) is 6.13. The molecule has 20 heavy (non-hydrogen) atoms. The van der Waals surface area contributed by atoms with Gasteiger partial charge in [0.2, 0.25) is 0 Å². The van der Waals surface area contributed by atoms with E-state index in [2.05, 4.69) is 6.92 Å². The summed E-state index contributed by atoms with van der Waals surface area (Å²) in [7, 11) is 0. The molecule has 0 amide bonds. The molecule has 3 rings (SSSR count). The van der Waals surface area contributed by atoms with Crippen LogP contribution in [0.15, 0.2) is 0 Å². The monoisotopic (exact) mass is 276 g/mol. The van der Waals surface area contributed by atoms with Crippen LogP contribution < -0.4 is 0 Å². The Morgan fingerprint density at radius 3 is 2.40 bits per heavy atom. The van der Waals surface area contributed by atoms with Crippen molar-refractivity contribution in [3.63, 3.8) is 0 Å². The van der Waals surface area contributed by atoms with Gasteiger partial charge in [0.25, 0.3) is 0 Å². The van der Waals surface area contributed by atoms with Crippen LogP contribution in [0.25, 0.3) is 0 Å². The third kappa shape index (κ3) is 3.25. The Morgan fingerprint density at radius 2 is 1.50 bits per heavy atom. The lowest BCUT2D eigenvalue weighted by Crippen LogP contribution is -2.41. The molecule has 0 nitrogen and oxygen atoms in total. The highest BCUT2D eigenvalue weighted by Crippen LogP contribution is 2.53. The third-order valence-corrected chi connectivity index (χ3v) is 7.08. The van der Waals surface area contributed by atoms with E-state index in [1.165, 1.54) is 25.7 Å². The molecule has 0 heterocycles. The fourth-order valence-corrected chi connectivity index (χ4v) is 6.13. The van der Waals surface area contributed by atoms with Gasteiger partial charge < -0.3 is 0 Å². The molecule has 0 aliphatic heterocycles. The summed E-state index contributed by atoms with van der Waals surface area (Å²) in [6, 6.07) is 0. The van der Waals surface area contributed by atoms with Crippen LogP contribution in [-0.2, 0) is 0 Å². The van der Waals surface area contributed by atoms with Gasteiger partial charge in [-0.15, -0.1) is 0 Å². The second-order valence-corrected chi connectivity index (χ2v) is 8.15. The van der Waals surface area contributed by atoms with Gasteiger partial charge >= 0.3 is 0 Å². The van der Waals surface area contributed by atoms with Crippen LogP contribution in [0.3, 0.4) is 0 Å². The molecule has 0 N–H and O–H groups in total. The van der Waals surface area contributed by atoms with Crippen molar-refractivity contribution in [2.75, 3.05) is 0 Å². The summed E-state index contributed by atoms with van der Waals surface area (Å²) in [4.78, 5) is 0. The van der Waals surface area contributed by atoms with E-state index in [-0.39, 0.29) is 0 Å². The van der Waals surface area contributed by atoms with E-state index >= 15 is 0 Å². The van der Waals surface area contributed by atoms with E-state index in [9.17, 15) is 0 Å². The first-order valence-electron chi connectivity index (χ1n) is 9.90. The number of hydrogen-bond acceptors (Lipinski definition) is 0. The second-order valence-electron chi connectivity index (χ2n) is 8.15. The van der Waals surface area contributed by atoms with Gasteiger partial charge in [-0.2, -0.15) is 0 Å². The highest BCUT2D eigenvalue weighted by molar-refractivity contribution is 4.94. The van der Waals surface area contributed by atoms with Crippen molar-refractivity contribution in [2.24, 2.45) is 29.6 Å². The van der Waals surface area contributed by atoms with Gasteiger partial charge in [-0.05, 0) is 55.3 Å². The maximum Gasteiger partial charge on any atom is -0.0352 e. The Balaban J connectivity index is 1.55. The topological polar surface area (TPSA) is 0 Å². The summed E-state index contributed by atoms with van der Waals surface area (Å²) in [5, 5.41) is 0. The highest BCUT2D eigenvalue weighted by atomic mass is 14.5. The normalized spacial score (nSPS) is 41.0. The van der Waals surface area contributed by atoms with E-state index in [1.54, 1.807) is 64.2 Å². The minimum absolute atomic E-state index is 1.12. The van der Waals surface area contributed by atoms with Crippen LogP contribution in [-0.4, -0.2) is 0 Å². The summed E-state index contributed by atoms with van der Waals surface area (Å²) in [5.41, 5.74) is 0. The van der Waals surface area contributed by atoms with Gasteiger partial charge in [0.15, 0.2) is 0 Å². The number of hydrogen-bond donors (Lipinski definition) is 0. The maximum atomic E-state index is 2.33. The molecule has 0 saturated heterocycles. The van der Waals surface area contributed by atoms with Gasteiger partial charge in [0, 0.05) is 0 Å². The van der Waals surface area contributed by atoms with E-state index < -0.39 is 0 Å². The lowest BCUT2D eigenvalue weighted by Gasteiger charge is -2.51. The molecule has 0 radical (unpaired) electrons. The number of fused-ring (bicyclic) bond motifs is 3. The summed E-state index contributed by atoms with van der Waals surface area (Å²) in [6.07, 6.45) is 21.6. The Labute approximate surface area is 127 Å². The first-order valence-corrected chi connectivity index (χ1v) is 9.90. The van der Waals surface area contributed by atoms with Crippen molar-refractivity contribution in [3.05, 3.63) is 0 Å². The zero-order valence-corrected chi connectivity index (χ0v) is 13.8.